The third-order valence-corrected chi connectivity index (χ3v) is 2.32. The van der Waals surface area contributed by atoms with Crippen molar-refractivity contribution in [2.24, 2.45) is 0 Å². The molecule has 1 rings (SSSR count). The molecular weight excluding hydrogens is 118 g/mol. The second kappa shape index (κ2) is 2.02. The van der Waals surface area contributed by atoms with Crippen LogP contribution in [0.15, 0.2) is 12.3 Å². The fourth-order valence-corrected chi connectivity index (χ4v) is 1.30. The number of rotatable bonds is 0. The van der Waals surface area contributed by atoms with Gasteiger partial charge in [-0.3, -0.25) is 0 Å². The quantitative estimate of drug-likeness (QED) is 0.533. The van der Waals surface area contributed by atoms with E-state index in [0.717, 1.165) is 5.88 Å². The Kier molecular flexibility index (Phi) is 1.52. The van der Waals surface area contributed by atoms with Gasteiger partial charge in [0.2, 0.25) is 0 Å². The third kappa shape index (κ3) is 1.44. The molecule has 1 aliphatic heterocycles. The Morgan fingerprint density at radius 3 is 2.62 bits per heavy atom. The molecule has 0 saturated heterocycles. The Morgan fingerprint density at radius 1 is 1.62 bits per heavy atom. The maximum atomic E-state index is 3.12. The highest BCUT2D eigenvalue weighted by molar-refractivity contribution is 8.00. The van der Waals surface area contributed by atoms with Crippen molar-refractivity contribution in [1.29, 1.82) is 0 Å². The summed E-state index contributed by atoms with van der Waals surface area (Å²) in [5.74, 6) is 1.05. The van der Waals surface area contributed by atoms with Gasteiger partial charge in [-0.1, -0.05) is 6.08 Å². The van der Waals surface area contributed by atoms with Crippen molar-refractivity contribution in [2.75, 3.05) is 5.88 Å². The van der Waals surface area contributed by atoms with Crippen molar-refractivity contribution in [1.82, 2.24) is 5.32 Å². The van der Waals surface area contributed by atoms with E-state index in [1.54, 1.807) is 0 Å². The summed E-state index contributed by atoms with van der Waals surface area (Å²) in [7, 11) is 0. The van der Waals surface area contributed by atoms with Gasteiger partial charge in [-0.2, -0.15) is 0 Å². The van der Waals surface area contributed by atoms with Crippen molar-refractivity contribution in [2.45, 2.75) is 18.6 Å². The lowest BCUT2D eigenvalue weighted by Crippen LogP contribution is -2.21. The van der Waals surface area contributed by atoms with Crippen LogP contribution in [0, 0.1) is 0 Å². The van der Waals surface area contributed by atoms with Gasteiger partial charge in [0.1, 0.15) is 0 Å². The smallest absolute Gasteiger partial charge is 0.0613 e. The highest BCUT2D eigenvalue weighted by Gasteiger charge is 2.15. The molecule has 0 aromatic carbocycles. The maximum absolute atomic E-state index is 3.12. The van der Waals surface area contributed by atoms with E-state index in [-0.39, 0.29) is 0 Å². The number of hydrogen-bond acceptors (Lipinski definition) is 2. The Bertz CT molecular complexity index is 107. The zero-order valence-corrected chi connectivity index (χ0v) is 6.09. The monoisotopic (exact) mass is 129 g/mol. The minimum atomic E-state index is 0.352. The molecule has 0 aliphatic carbocycles. The van der Waals surface area contributed by atoms with Gasteiger partial charge in [0.05, 0.1) is 5.88 Å². The maximum Gasteiger partial charge on any atom is 0.0613 e. The van der Waals surface area contributed by atoms with E-state index in [0.29, 0.717) is 4.75 Å². The molecule has 0 spiro atoms. The first-order valence-electron chi connectivity index (χ1n) is 2.76. The molecular formula is C6H11NS. The molecule has 46 valence electrons. The molecule has 0 aromatic heterocycles. The minimum absolute atomic E-state index is 0.352. The van der Waals surface area contributed by atoms with Gasteiger partial charge in [-0.15, -0.1) is 11.8 Å². The Labute approximate surface area is 54.5 Å². The second-order valence-corrected chi connectivity index (χ2v) is 4.06. The van der Waals surface area contributed by atoms with Crippen LogP contribution in [0.25, 0.3) is 0 Å². The molecule has 0 radical (unpaired) electrons. The van der Waals surface area contributed by atoms with Crippen molar-refractivity contribution in [3.05, 3.63) is 12.3 Å². The van der Waals surface area contributed by atoms with Gasteiger partial charge in [0.15, 0.2) is 0 Å². The van der Waals surface area contributed by atoms with Gasteiger partial charge in [-0.25, -0.2) is 0 Å². The first-order chi connectivity index (χ1) is 3.71. The van der Waals surface area contributed by atoms with Crippen LogP contribution in [0.4, 0.5) is 0 Å². The van der Waals surface area contributed by atoms with Gasteiger partial charge < -0.3 is 5.32 Å². The standard InChI is InChI=1S/C6H11NS/c1-6(2)3-4-7-5-8-6/h3-4,7H,5H2,1-2H3. The molecule has 2 heteroatoms. The summed E-state index contributed by atoms with van der Waals surface area (Å²) in [5.41, 5.74) is 0. The fraction of sp³-hybridized carbons (Fsp3) is 0.667. The normalized spacial score (nSPS) is 24.8. The third-order valence-electron chi connectivity index (χ3n) is 1.13. The molecule has 0 saturated carbocycles. The second-order valence-electron chi connectivity index (χ2n) is 2.43. The highest BCUT2D eigenvalue weighted by Crippen LogP contribution is 2.26. The molecule has 0 fully saturated rings. The van der Waals surface area contributed by atoms with Crippen LogP contribution in [0.2, 0.25) is 0 Å². The number of nitrogens with one attached hydrogen (secondary N) is 1. The molecule has 1 nitrogen and oxygen atoms in total. The molecule has 0 amide bonds. The summed E-state index contributed by atoms with van der Waals surface area (Å²) < 4.78 is 0.352. The molecule has 1 aliphatic rings. The van der Waals surface area contributed by atoms with E-state index in [2.05, 4.69) is 25.2 Å². The fourth-order valence-electron chi connectivity index (χ4n) is 0.584. The van der Waals surface area contributed by atoms with Gasteiger partial charge in [-0.05, 0) is 20.0 Å². The van der Waals surface area contributed by atoms with Crippen LogP contribution in [0.5, 0.6) is 0 Å². The highest BCUT2D eigenvalue weighted by atomic mass is 32.2. The summed E-state index contributed by atoms with van der Waals surface area (Å²) in [6.45, 7) is 4.43. The van der Waals surface area contributed by atoms with Crippen molar-refractivity contribution in [3.8, 4) is 0 Å². The zero-order valence-electron chi connectivity index (χ0n) is 5.27. The largest absolute Gasteiger partial charge is 0.382 e. The average molecular weight is 129 g/mol. The molecule has 0 unspecified atom stereocenters. The van der Waals surface area contributed by atoms with Crippen LogP contribution in [-0.2, 0) is 0 Å². The van der Waals surface area contributed by atoms with E-state index in [1.165, 1.54) is 0 Å². The summed E-state index contributed by atoms with van der Waals surface area (Å²) in [6, 6.07) is 0. The SMILES string of the molecule is CC1(C)C=CNCS1. The van der Waals surface area contributed by atoms with Crippen LogP contribution < -0.4 is 5.32 Å². The molecule has 1 heterocycles. The van der Waals surface area contributed by atoms with Crippen LogP contribution in [0.1, 0.15) is 13.8 Å². The van der Waals surface area contributed by atoms with Gasteiger partial charge >= 0.3 is 0 Å². The zero-order chi connectivity index (χ0) is 6.04. The van der Waals surface area contributed by atoms with Crippen molar-refractivity contribution >= 4 is 11.8 Å². The molecule has 0 bridgehead atoms. The lowest BCUT2D eigenvalue weighted by Gasteiger charge is -2.23. The van der Waals surface area contributed by atoms with Gasteiger partial charge in [0.25, 0.3) is 0 Å². The summed E-state index contributed by atoms with van der Waals surface area (Å²) >= 11 is 1.92. The van der Waals surface area contributed by atoms with Crippen molar-refractivity contribution in [3.63, 3.8) is 0 Å². The molecule has 1 N–H and O–H groups in total. The summed E-state index contributed by atoms with van der Waals surface area (Å²) in [6.07, 6.45) is 4.21. The summed E-state index contributed by atoms with van der Waals surface area (Å²) in [5, 5.41) is 3.12. The first-order valence-corrected chi connectivity index (χ1v) is 3.74. The number of hydrogen-bond donors (Lipinski definition) is 1. The predicted octanol–water partition coefficient (Wildman–Crippen LogP) is 1.57. The van der Waals surface area contributed by atoms with E-state index in [1.807, 2.05) is 18.0 Å². The lowest BCUT2D eigenvalue weighted by molar-refractivity contribution is 0.851. The van der Waals surface area contributed by atoms with E-state index in [4.69, 9.17) is 0 Å². The van der Waals surface area contributed by atoms with Gasteiger partial charge in [0, 0.05) is 4.75 Å². The Morgan fingerprint density at radius 2 is 2.38 bits per heavy atom. The lowest BCUT2D eigenvalue weighted by atomic mass is 10.2. The van der Waals surface area contributed by atoms with E-state index < -0.39 is 0 Å². The van der Waals surface area contributed by atoms with E-state index >= 15 is 0 Å². The number of thioether (sulfide) groups is 1. The Balaban J connectivity index is 2.56. The summed E-state index contributed by atoms with van der Waals surface area (Å²) in [4.78, 5) is 0. The van der Waals surface area contributed by atoms with Crippen LogP contribution in [0.3, 0.4) is 0 Å². The first kappa shape index (κ1) is 6.02. The van der Waals surface area contributed by atoms with Crippen LogP contribution in [-0.4, -0.2) is 10.6 Å². The molecule has 8 heavy (non-hydrogen) atoms. The predicted molar refractivity (Wildman–Crippen MR) is 38.8 cm³/mol. The minimum Gasteiger partial charge on any atom is -0.382 e. The Hall–Kier alpha value is -0.110. The van der Waals surface area contributed by atoms with Crippen LogP contribution >= 0.6 is 11.8 Å². The van der Waals surface area contributed by atoms with Crippen molar-refractivity contribution < 1.29 is 0 Å². The van der Waals surface area contributed by atoms with E-state index in [9.17, 15) is 0 Å². The molecule has 0 aromatic rings. The average Bonchev–Trinajstić information content (AvgIpc) is 1.65. The molecule has 0 atom stereocenters. The topological polar surface area (TPSA) is 12.0 Å².